The minimum Gasteiger partial charge on any atom is -0.481 e. The number of benzene rings is 1. The summed E-state index contributed by atoms with van der Waals surface area (Å²) in [6.45, 7) is 15.3. The molecule has 6 aliphatic heterocycles. The molecule has 0 aliphatic carbocycles. The number of imide groups is 5. The van der Waals surface area contributed by atoms with E-state index in [1.807, 2.05) is 27.7 Å². The number of cyclic esters (lactones) is 2. The van der Waals surface area contributed by atoms with Gasteiger partial charge in [-0.2, -0.15) is 0 Å². The van der Waals surface area contributed by atoms with Crippen molar-refractivity contribution in [2.75, 3.05) is 125 Å². The normalized spacial score (nSPS) is 15.1. The predicted octanol–water partition coefficient (Wildman–Crippen LogP) is 1.48. The molecular formula is C76H109N9O31. The second kappa shape index (κ2) is 63.3. The number of hydrogen-bond donors (Lipinski definition) is 6. The lowest BCUT2D eigenvalue weighted by Gasteiger charge is -2.13. The van der Waals surface area contributed by atoms with Crippen LogP contribution in [-0.2, 0) is 134 Å². The number of unbranched alkanes of at least 4 members (excludes halogenated alkanes) is 3. The van der Waals surface area contributed by atoms with Crippen LogP contribution in [0.3, 0.4) is 0 Å². The number of rotatable bonds is 49. The van der Waals surface area contributed by atoms with Gasteiger partial charge in [0.2, 0.25) is 11.8 Å². The fourth-order valence-corrected chi connectivity index (χ4v) is 9.50. The number of nitrogens with zero attached hydrogens (tertiary/aromatic N) is 5. The molecule has 3 fully saturated rings. The molecule has 1 unspecified atom stereocenters. The average Bonchev–Trinajstić information content (AvgIpc) is 1.73. The van der Waals surface area contributed by atoms with Crippen LogP contribution in [-0.4, -0.2) is 273 Å². The Morgan fingerprint density at radius 1 is 0.457 bits per heavy atom. The van der Waals surface area contributed by atoms with E-state index in [1.54, 1.807) is 30.3 Å². The standard InChI is InChI=1S/C28H35N3O10.2C18H24N2O8.C6H6O5.C2H8N2.2C2H6/c32-23(9-6-16-40-18-17-39-15-5-4-14-31-25(34)10-11-26(31)35)29-12-13-30-24(33)19-21(28(37)38)20-27(36)41-22-7-2-1-3-8-22;2*21-14-5-6-15(22)19(14)9-1-2-10-26-12-13-27-11-3-4-18(25)28-20-16(23)7-8-17(20)24;7-4(8)1-3-2-5(9)11-6(3)10;3-1-2-4;2*1-2/h1-3,7-8,10-11,19H,4-6,9,12-18,20H2,(H,29,32)(H,30,33)(H,37,38);2*5-6H,1-4,7-13H2;3H,1-2H2,(H,7,8);1-4H2;2*1-2H3/b21-19-;;;;;;. The fourth-order valence-electron chi connectivity index (χ4n) is 9.50. The molecule has 40 nitrogen and oxygen atoms in total. The Morgan fingerprint density at radius 2 is 0.802 bits per heavy atom. The molecule has 7 rings (SSSR count). The van der Waals surface area contributed by atoms with Crippen LogP contribution in [0.2, 0.25) is 0 Å². The Hall–Kier alpha value is -11.0. The molecule has 644 valence electrons. The minimum absolute atomic E-state index is 0.0424. The summed E-state index contributed by atoms with van der Waals surface area (Å²) < 4.78 is 41.5. The number of carbonyl (C=O) groups excluding carboxylic acids is 17. The molecule has 6 aliphatic rings. The highest BCUT2D eigenvalue weighted by molar-refractivity contribution is 6.14. The van der Waals surface area contributed by atoms with E-state index < -0.39 is 89.2 Å². The molecule has 3 saturated heterocycles. The molecule has 1 atom stereocenters. The van der Waals surface area contributed by atoms with E-state index in [2.05, 4.69) is 15.4 Å². The lowest BCUT2D eigenvalue weighted by Crippen LogP contribution is -2.34. The summed E-state index contributed by atoms with van der Waals surface area (Å²) in [6, 6.07) is 8.14. The highest BCUT2D eigenvalue weighted by Gasteiger charge is 2.36. The monoisotopic (exact) mass is 1640 g/mol. The molecular weight excluding hydrogens is 1530 g/mol. The SMILES string of the molecule is CC.CC.NCCN.O=C(/C=C(/CC(=O)Oc1ccccc1)C(=O)O)NCCNC(=O)CCCOCCOCCCCN1C(=O)C=CC1=O.O=C(CCCOCCOCCCCN1C(=O)C=CC1=O)ON1C(=O)CCC1=O.O=C(CCCOCCOCCCCN1C(=O)C=CC1=O)ON1C(=O)CCC1=O.O=C(O)CC1CC(=O)OC1=O. The molecule has 0 bridgehead atoms. The number of carbonyl (C=O) groups is 19. The summed E-state index contributed by atoms with van der Waals surface area (Å²) in [6.07, 6.45) is 13.4. The van der Waals surface area contributed by atoms with Crippen molar-refractivity contribution in [3.05, 3.63) is 78.4 Å². The molecule has 6 heterocycles. The van der Waals surface area contributed by atoms with E-state index in [9.17, 15) is 96.2 Å². The number of amides is 12. The Kier molecular flexibility index (Phi) is 56.2. The number of nitrogens with two attached hydrogens (primary N) is 2. The van der Waals surface area contributed by atoms with Crippen LogP contribution in [0.1, 0.15) is 150 Å². The van der Waals surface area contributed by atoms with Gasteiger partial charge in [0.25, 0.3) is 59.1 Å². The first-order chi connectivity index (χ1) is 55.7. The summed E-state index contributed by atoms with van der Waals surface area (Å²) >= 11 is 0. The van der Waals surface area contributed by atoms with Crippen LogP contribution in [0.4, 0.5) is 0 Å². The highest BCUT2D eigenvalue weighted by atomic mass is 16.7. The van der Waals surface area contributed by atoms with Crippen LogP contribution in [0.5, 0.6) is 5.75 Å². The van der Waals surface area contributed by atoms with Gasteiger partial charge in [-0.25, -0.2) is 14.4 Å². The van der Waals surface area contributed by atoms with Gasteiger partial charge in [0.1, 0.15) is 5.75 Å². The summed E-state index contributed by atoms with van der Waals surface area (Å²) in [4.78, 5) is 228. The summed E-state index contributed by atoms with van der Waals surface area (Å²) in [5.41, 5.74) is 9.38. The molecule has 1 aromatic carbocycles. The van der Waals surface area contributed by atoms with Crippen molar-refractivity contribution in [2.24, 2.45) is 17.4 Å². The highest BCUT2D eigenvalue weighted by Crippen LogP contribution is 2.20. The van der Waals surface area contributed by atoms with E-state index in [1.165, 1.54) is 51.2 Å². The number of carboxylic acids is 2. The number of hydrogen-bond acceptors (Lipinski definition) is 31. The smallest absolute Gasteiger partial charge is 0.333 e. The third-order valence-electron chi connectivity index (χ3n) is 15.2. The second-order valence-corrected chi connectivity index (χ2v) is 24.1. The van der Waals surface area contributed by atoms with Gasteiger partial charge in [-0.15, -0.1) is 10.1 Å². The van der Waals surface area contributed by atoms with Crippen LogP contribution < -0.4 is 26.8 Å². The van der Waals surface area contributed by atoms with Gasteiger partial charge >= 0.3 is 41.8 Å². The van der Waals surface area contributed by atoms with Gasteiger partial charge in [-0.3, -0.25) is 91.4 Å². The molecule has 0 aromatic heterocycles. The van der Waals surface area contributed by atoms with Crippen molar-refractivity contribution < 1.29 is 149 Å². The Balaban J connectivity index is 0.000000794. The average molecular weight is 1640 g/mol. The molecule has 8 N–H and O–H groups in total. The molecule has 116 heavy (non-hydrogen) atoms. The largest absolute Gasteiger partial charge is 0.481 e. The van der Waals surface area contributed by atoms with Gasteiger partial charge in [0, 0.05) is 160 Å². The van der Waals surface area contributed by atoms with E-state index in [4.69, 9.17) is 59.4 Å². The Bertz CT molecular complexity index is 3310. The van der Waals surface area contributed by atoms with Gasteiger partial charge in [0.15, 0.2) is 0 Å². The lowest BCUT2D eigenvalue weighted by molar-refractivity contribution is -0.197. The maximum atomic E-state index is 12.0. The quantitative estimate of drug-likeness (QED) is 0.0134. The van der Waals surface area contributed by atoms with Gasteiger partial charge in [0.05, 0.1) is 83.2 Å². The number of nitrogens with one attached hydrogen (secondary N) is 2. The minimum atomic E-state index is -1.42. The Labute approximate surface area is 670 Å². The zero-order chi connectivity index (χ0) is 86.4. The number of aliphatic carboxylic acids is 2. The Morgan fingerprint density at radius 3 is 1.13 bits per heavy atom. The summed E-state index contributed by atoms with van der Waals surface area (Å²) in [7, 11) is 0. The first-order valence-corrected chi connectivity index (χ1v) is 38.1. The number of hydroxylamine groups is 4. The third-order valence-corrected chi connectivity index (χ3v) is 15.2. The second-order valence-electron chi connectivity index (χ2n) is 24.1. The maximum absolute atomic E-state index is 12.0. The van der Waals surface area contributed by atoms with Gasteiger partial charge < -0.3 is 79.9 Å². The topological polar surface area (TPSA) is 549 Å². The molecule has 1 aromatic rings. The maximum Gasteiger partial charge on any atom is 0.333 e. The number of ether oxygens (including phenoxy) is 8. The van der Waals surface area contributed by atoms with Crippen molar-refractivity contribution in [1.29, 1.82) is 0 Å². The summed E-state index contributed by atoms with van der Waals surface area (Å²) in [5.74, 6) is -11.1. The lowest BCUT2D eigenvalue weighted by atomic mass is 10.0. The molecule has 0 saturated carbocycles. The van der Waals surface area contributed by atoms with Crippen molar-refractivity contribution in [1.82, 2.24) is 35.5 Å². The van der Waals surface area contributed by atoms with Crippen molar-refractivity contribution in [2.45, 2.75) is 150 Å². The number of para-hydroxylation sites is 1. The third kappa shape index (κ3) is 46.4. The summed E-state index contributed by atoms with van der Waals surface area (Å²) in [5, 5.41) is 23.7. The zero-order valence-electron chi connectivity index (χ0n) is 66.0. The molecule has 0 radical (unpaired) electrons. The van der Waals surface area contributed by atoms with Gasteiger partial charge in [-0.1, -0.05) is 45.9 Å². The van der Waals surface area contributed by atoms with Crippen molar-refractivity contribution in [3.8, 4) is 5.75 Å². The molecule has 40 heteroatoms. The van der Waals surface area contributed by atoms with Gasteiger partial charge in [-0.05, 0) is 69.9 Å². The number of carboxylic acid groups (broad SMARTS) is 2. The van der Waals surface area contributed by atoms with Crippen LogP contribution in [0.25, 0.3) is 0 Å². The number of esters is 3. The zero-order valence-corrected chi connectivity index (χ0v) is 66.0. The van der Waals surface area contributed by atoms with Crippen LogP contribution in [0, 0.1) is 5.92 Å². The van der Waals surface area contributed by atoms with Crippen LogP contribution >= 0.6 is 0 Å². The van der Waals surface area contributed by atoms with Crippen molar-refractivity contribution >= 4 is 113 Å². The van der Waals surface area contributed by atoms with E-state index in [0.717, 1.165) is 18.9 Å². The first kappa shape index (κ1) is 103. The van der Waals surface area contributed by atoms with Crippen LogP contribution in [0.15, 0.2) is 78.4 Å². The van der Waals surface area contributed by atoms with Crippen molar-refractivity contribution in [3.63, 3.8) is 0 Å². The van der Waals surface area contributed by atoms with E-state index in [0.29, 0.717) is 167 Å². The molecule has 0 spiro atoms. The molecule has 12 amide bonds. The fraction of sp³-hybridized carbons (Fsp3) is 0.566. The first-order valence-electron chi connectivity index (χ1n) is 38.1. The predicted molar refractivity (Wildman–Crippen MR) is 403 cm³/mol. The van der Waals surface area contributed by atoms with E-state index in [-0.39, 0.29) is 118 Å². The van der Waals surface area contributed by atoms with E-state index >= 15 is 0 Å².